The van der Waals surface area contributed by atoms with Crippen LogP contribution in [0.5, 0.6) is 0 Å². The van der Waals surface area contributed by atoms with E-state index in [1.54, 1.807) is 0 Å². The average Bonchev–Trinajstić information content (AvgIpc) is 2.42. The Kier molecular flexibility index (Phi) is 4.04. The van der Waals surface area contributed by atoms with Crippen molar-refractivity contribution in [3.63, 3.8) is 0 Å². The van der Waals surface area contributed by atoms with E-state index >= 15 is 0 Å². The van der Waals surface area contributed by atoms with Gasteiger partial charge in [0.25, 0.3) is 0 Å². The van der Waals surface area contributed by atoms with E-state index in [1.165, 1.54) is 12.0 Å². The molecule has 1 aromatic rings. The van der Waals surface area contributed by atoms with Gasteiger partial charge < -0.3 is 0 Å². The largest absolute Gasteiger partial charge is 0.293 e. The Morgan fingerprint density at radius 3 is 2.67 bits per heavy atom. The van der Waals surface area contributed by atoms with Crippen LogP contribution in [0, 0.1) is 17.2 Å². The molecule has 1 aliphatic rings. The molecule has 2 heteroatoms. The van der Waals surface area contributed by atoms with Gasteiger partial charge >= 0.3 is 0 Å². The third kappa shape index (κ3) is 2.57. The topological polar surface area (TPSA) is 35.8 Å². The number of nitrogens with one attached hydrogen (secondary N) is 1. The molecule has 1 saturated carbocycles. The summed E-state index contributed by atoms with van der Waals surface area (Å²) in [5.74, 6) is 0.433. The number of nitrogens with zero attached hydrogens (tertiary/aromatic N) is 1. The molecule has 3 atom stereocenters. The van der Waals surface area contributed by atoms with Gasteiger partial charge in [-0.3, -0.25) is 5.32 Å². The molecular weight excluding hydrogens is 220 g/mol. The van der Waals surface area contributed by atoms with Crippen molar-refractivity contribution in [1.82, 2.24) is 5.32 Å². The predicted molar refractivity (Wildman–Crippen MR) is 74.0 cm³/mol. The fourth-order valence-electron chi connectivity index (χ4n) is 2.97. The summed E-state index contributed by atoms with van der Waals surface area (Å²) < 4.78 is 0. The molecule has 0 aromatic heterocycles. The monoisotopic (exact) mass is 242 g/mol. The Labute approximate surface area is 110 Å². The maximum Gasteiger partial charge on any atom is 0.109 e. The van der Waals surface area contributed by atoms with Crippen molar-refractivity contribution >= 4 is 0 Å². The predicted octanol–water partition coefficient (Wildman–Crippen LogP) is 3.81. The van der Waals surface area contributed by atoms with Crippen LogP contribution >= 0.6 is 0 Å². The zero-order chi connectivity index (χ0) is 13.0. The molecule has 0 heterocycles. The van der Waals surface area contributed by atoms with Crippen LogP contribution in [-0.2, 0) is 0 Å². The second kappa shape index (κ2) is 5.54. The van der Waals surface area contributed by atoms with Gasteiger partial charge in [0.1, 0.15) is 5.54 Å². The van der Waals surface area contributed by atoms with E-state index in [4.69, 9.17) is 0 Å². The third-order valence-corrected chi connectivity index (χ3v) is 4.27. The van der Waals surface area contributed by atoms with Gasteiger partial charge in [-0.1, -0.05) is 50.1 Å². The van der Waals surface area contributed by atoms with Crippen LogP contribution in [0.4, 0.5) is 0 Å². The maximum absolute atomic E-state index is 9.60. The SMILES string of the molecule is C[C@H](N[C@@]1(C#N)CCCC[C@H]1C)c1ccccc1. The third-order valence-electron chi connectivity index (χ3n) is 4.27. The van der Waals surface area contributed by atoms with E-state index in [-0.39, 0.29) is 11.6 Å². The van der Waals surface area contributed by atoms with Crippen molar-refractivity contribution < 1.29 is 0 Å². The van der Waals surface area contributed by atoms with Crippen molar-refractivity contribution in [3.8, 4) is 6.07 Å². The highest BCUT2D eigenvalue weighted by atomic mass is 15.0. The standard InChI is InChI=1S/C16H22N2/c1-13-8-6-7-11-16(13,12-17)18-14(2)15-9-4-3-5-10-15/h3-5,9-10,13-14,18H,6-8,11H2,1-2H3/t13-,14+,16-/m1/s1. The van der Waals surface area contributed by atoms with E-state index in [1.807, 2.05) is 6.07 Å². The highest BCUT2D eigenvalue weighted by molar-refractivity contribution is 5.21. The van der Waals surface area contributed by atoms with Gasteiger partial charge in [-0.15, -0.1) is 0 Å². The van der Waals surface area contributed by atoms with Crippen LogP contribution in [0.3, 0.4) is 0 Å². The molecule has 0 saturated heterocycles. The molecule has 1 N–H and O–H groups in total. The van der Waals surface area contributed by atoms with E-state index in [9.17, 15) is 5.26 Å². The zero-order valence-electron chi connectivity index (χ0n) is 11.3. The first-order valence-corrected chi connectivity index (χ1v) is 6.92. The normalized spacial score (nSPS) is 29.5. The first-order chi connectivity index (χ1) is 8.68. The van der Waals surface area contributed by atoms with Crippen molar-refractivity contribution in [1.29, 1.82) is 5.26 Å². The molecule has 0 bridgehead atoms. The fraction of sp³-hybridized carbons (Fsp3) is 0.562. The number of nitriles is 1. The van der Waals surface area contributed by atoms with Crippen molar-refractivity contribution in [2.24, 2.45) is 5.92 Å². The highest BCUT2D eigenvalue weighted by Crippen LogP contribution is 2.35. The van der Waals surface area contributed by atoms with Crippen LogP contribution in [0.2, 0.25) is 0 Å². The van der Waals surface area contributed by atoms with Gasteiger partial charge in [0.15, 0.2) is 0 Å². The van der Waals surface area contributed by atoms with Gasteiger partial charge in [0, 0.05) is 6.04 Å². The van der Waals surface area contributed by atoms with Gasteiger partial charge in [0.05, 0.1) is 6.07 Å². The Hall–Kier alpha value is -1.33. The van der Waals surface area contributed by atoms with Crippen molar-refractivity contribution in [2.75, 3.05) is 0 Å². The molecule has 2 nitrogen and oxygen atoms in total. The van der Waals surface area contributed by atoms with Gasteiger partial charge in [0.2, 0.25) is 0 Å². The first kappa shape index (κ1) is 13.1. The average molecular weight is 242 g/mol. The van der Waals surface area contributed by atoms with E-state index in [0.29, 0.717) is 5.92 Å². The zero-order valence-corrected chi connectivity index (χ0v) is 11.3. The van der Waals surface area contributed by atoms with E-state index < -0.39 is 0 Å². The molecule has 1 fully saturated rings. The minimum atomic E-state index is -0.340. The number of benzene rings is 1. The molecule has 18 heavy (non-hydrogen) atoms. The smallest absolute Gasteiger partial charge is 0.109 e. The van der Waals surface area contributed by atoms with Crippen LogP contribution < -0.4 is 5.32 Å². The summed E-state index contributed by atoms with van der Waals surface area (Å²) in [7, 11) is 0. The van der Waals surface area contributed by atoms with Crippen LogP contribution in [0.25, 0.3) is 0 Å². The van der Waals surface area contributed by atoms with Crippen molar-refractivity contribution in [3.05, 3.63) is 35.9 Å². The van der Waals surface area contributed by atoms with E-state index in [0.717, 1.165) is 19.3 Å². The van der Waals surface area contributed by atoms with Gasteiger partial charge in [-0.25, -0.2) is 0 Å². The molecule has 0 radical (unpaired) electrons. The highest BCUT2D eigenvalue weighted by Gasteiger charge is 2.39. The molecule has 2 rings (SSSR count). The maximum atomic E-state index is 9.60. The van der Waals surface area contributed by atoms with Crippen molar-refractivity contribution in [2.45, 2.75) is 51.1 Å². The second-order valence-corrected chi connectivity index (χ2v) is 5.51. The Balaban J connectivity index is 2.13. The summed E-state index contributed by atoms with van der Waals surface area (Å²) >= 11 is 0. The van der Waals surface area contributed by atoms with E-state index in [2.05, 4.69) is 49.5 Å². The number of hydrogen-bond acceptors (Lipinski definition) is 2. The molecule has 0 unspecified atom stereocenters. The summed E-state index contributed by atoms with van der Waals surface area (Å²) in [6, 6.07) is 13.2. The Morgan fingerprint density at radius 1 is 1.33 bits per heavy atom. The lowest BCUT2D eigenvalue weighted by Gasteiger charge is -2.40. The lowest BCUT2D eigenvalue weighted by atomic mass is 9.74. The molecule has 1 aromatic carbocycles. The van der Waals surface area contributed by atoms with Gasteiger partial charge in [-0.2, -0.15) is 5.26 Å². The molecule has 0 aliphatic heterocycles. The minimum Gasteiger partial charge on any atom is -0.293 e. The molecule has 0 amide bonds. The quantitative estimate of drug-likeness (QED) is 0.875. The number of hydrogen-bond donors (Lipinski definition) is 1. The number of rotatable bonds is 3. The molecular formula is C16H22N2. The van der Waals surface area contributed by atoms with Crippen LogP contribution in [-0.4, -0.2) is 5.54 Å². The summed E-state index contributed by atoms with van der Waals surface area (Å²) in [5.41, 5.74) is 0.915. The van der Waals surface area contributed by atoms with Gasteiger partial charge in [-0.05, 0) is 31.2 Å². The summed E-state index contributed by atoms with van der Waals surface area (Å²) in [6.45, 7) is 4.35. The second-order valence-electron chi connectivity index (χ2n) is 5.51. The Bertz CT molecular complexity index is 420. The lowest BCUT2D eigenvalue weighted by Crippen LogP contribution is -2.51. The van der Waals surface area contributed by atoms with Crippen LogP contribution in [0.15, 0.2) is 30.3 Å². The Morgan fingerprint density at radius 2 is 2.06 bits per heavy atom. The first-order valence-electron chi connectivity index (χ1n) is 6.92. The van der Waals surface area contributed by atoms with Crippen LogP contribution in [0.1, 0.15) is 51.1 Å². The summed E-state index contributed by atoms with van der Waals surface area (Å²) in [5, 5.41) is 13.2. The molecule has 0 spiro atoms. The fourth-order valence-corrected chi connectivity index (χ4v) is 2.97. The summed E-state index contributed by atoms with van der Waals surface area (Å²) in [6.07, 6.45) is 4.54. The summed E-state index contributed by atoms with van der Waals surface area (Å²) in [4.78, 5) is 0. The molecule has 1 aliphatic carbocycles. The molecule has 96 valence electrons. The minimum absolute atomic E-state index is 0.228. The lowest BCUT2D eigenvalue weighted by molar-refractivity contribution is 0.196.